The molecule has 0 bridgehead atoms. The molecule has 2 saturated heterocycles. The summed E-state index contributed by atoms with van der Waals surface area (Å²) in [4.78, 5) is 0. The first-order chi connectivity index (χ1) is 5.82. The van der Waals surface area contributed by atoms with Crippen LogP contribution in [0.3, 0.4) is 0 Å². The maximum absolute atomic E-state index is 5.41. The van der Waals surface area contributed by atoms with E-state index >= 15 is 0 Å². The zero-order chi connectivity index (χ0) is 8.60. The van der Waals surface area contributed by atoms with E-state index in [1.807, 2.05) is 0 Å². The van der Waals surface area contributed by atoms with Crippen LogP contribution in [0.2, 0.25) is 0 Å². The van der Waals surface area contributed by atoms with Gasteiger partial charge in [0.05, 0.1) is 12.6 Å². The Labute approximate surface area is 72.6 Å². The molecule has 0 aromatic carbocycles. The van der Waals surface area contributed by atoms with Crippen LogP contribution in [-0.4, -0.2) is 45.2 Å². The molecule has 2 fully saturated rings. The summed E-state index contributed by atoms with van der Waals surface area (Å²) in [5.74, 6) is -0.443. The van der Waals surface area contributed by atoms with Gasteiger partial charge in [0.25, 0.3) is 0 Å². The third kappa shape index (κ3) is 0.992. The highest BCUT2D eigenvalue weighted by Gasteiger charge is 2.51. The van der Waals surface area contributed by atoms with E-state index in [4.69, 9.17) is 9.47 Å². The minimum Gasteiger partial charge on any atom is -0.351 e. The second kappa shape index (κ2) is 2.96. The third-order valence-corrected chi connectivity index (χ3v) is 3.00. The van der Waals surface area contributed by atoms with Crippen molar-refractivity contribution in [3.63, 3.8) is 0 Å². The van der Waals surface area contributed by atoms with Gasteiger partial charge in [-0.2, -0.15) is 0 Å². The van der Waals surface area contributed by atoms with Gasteiger partial charge in [0.1, 0.15) is 0 Å². The van der Waals surface area contributed by atoms with Gasteiger partial charge in [-0.15, -0.1) is 0 Å². The molecule has 0 amide bonds. The maximum Gasteiger partial charge on any atom is 0.197 e. The smallest absolute Gasteiger partial charge is 0.197 e. The summed E-state index contributed by atoms with van der Waals surface area (Å²) in [5, 5.41) is 6.80. The van der Waals surface area contributed by atoms with Gasteiger partial charge < -0.3 is 20.1 Å². The van der Waals surface area contributed by atoms with Crippen molar-refractivity contribution in [2.45, 2.75) is 24.3 Å². The molecule has 2 heterocycles. The minimum atomic E-state index is -0.443. The van der Waals surface area contributed by atoms with Crippen molar-refractivity contribution < 1.29 is 9.47 Å². The lowest BCUT2D eigenvalue weighted by Crippen LogP contribution is -2.51. The summed E-state index contributed by atoms with van der Waals surface area (Å²) >= 11 is 0. The van der Waals surface area contributed by atoms with Crippen LogP contribution in [0.4, 0.5) is 0 Å². The van der Waals surface area contributed by atoms with Gasteiger partial charge in [-0.3, -0.25) is 0 Å². The lowest BCUT2D eigenvalue weighted by atomic mass is 10.1. The van der Waals surface area contributed by atoms with Crippen LogP contribution in [0.5, 0.6) is 0 Å². The Morgan fingerprint density at radius 2 is 2.00 bits per heavy atom. The first kappa shape index (κ1) is 8.44. The first-order valence-electron chi connectivity index (χ1n) is 4.39. The van der Waals surface area contributed by atoms with Crippen molar-refractivity contribution in [1.29, 1.82) is 0 Å². The normalized spacial score (nSPS) is 38.5. The van der Waals surface area contributed by atoms with E-state index in [2.05, 4.69) is 10.6 Å². The van der Waals surface area contributed by atoms with Gasteiger partial charge >= 0.3 is 0 Å². The van der Waals surface area contributed by atoms with Crippen LogP contribution in [0.15, 0.2) is 0 Å². The average Bonchev–Trinajstić information content (AvgIpc) is 2.64. The van der Waals surface area contributed by atoms with Crippen molar-refractivity contribution in [3.05, 3.63) is 0 Å². The van der Waals surface area contributed by atoms with Gasteiger partial charge in [0.15, 0.2) is 5.79 Å². The molecule has 2 N–H and O–H groups in total. The molecule has 0 spiro atoms. The van der Waals surface area contributed by atoms with Crippen LogP contribution in [0.1, 0.15) is 6.42 Å². The molecule has 2 aliphatic rings. The summed E-state index contributed by atoms with van der Waals surface area (Å²) in [6.45, 7) is 1.83. The molecule has 0 saturated carbocycles. The van der Waals surface area contributed by atoms with Gasteiger partial charge in [-0.05, 0) is 13.0 Å². The van der Waals surface area contributed by atoms with Crippen molar-refractivity contribution >= 4 is 0 Å². The molecular formula is C8H16N2O2. The SMILES string of the molecule is COC1(OC)CNC2CCNC21. The molecule has 0 aromatic rings. The predicted octanol–water partition coefficient (Wildman–Crippen LogP) is -0.691. The molecule has 2 rings (SSSR count). The number of methoxy groups -OCH3 is 2. The highest BCUT2D eigenvalue weighted by atomic mass is 16.7. The van der Waals surface area contributed by atoms with Crippen LogP contribution >= 0.6 is 0 Å². The van der Waals surface area contributed by atoms with Crippen LogP contribution in [0.25, 0.3) is 0 Å². The van der Waals surface area contributed by atoms with Crippen molar-refractivity contribution in [1.82, 2.24) is 10.6 Å². The molecule has 4 heteroatoms. The van der Waals surface area contributed by atoms with Gasteiger partial charge in [-0.1, -0.05) is 0 Å². The standard InChI is InChI=1S/C8H16N2O2/c1-11-8(12-2)5-10-6-3-4-9-7(6)8/h6-7,9-10H,3-5H2,1-2H3. The number of hydrogen-bond donors (Lipinski definition) is 2. The topological polar surface area (TPSA) is 42.5 Å². The number of rotatable bonds is 2. The molecule has 0 aromatic heterocycles. The molecule has 2 unspecified atom stereocenters. The Hall–Kier alpha value is -0.160. The monoisotopic (exact) mass is 172 g/mol. The molecule has 0 radical (unpaired) electrons. The van der Waals surface area contributed by atoms with Gasteiger partial charge in [0.2, 0.25) is 0 Å². The highest BCUT2D eigenvalue weighted by molar-refractivity contribution is 5.06. The zero-order valence-electron chi connectivity index (χ0n) is 7.59. The molecule has 70 valence electrons. The Morgan fingerprint density at radius 3 is 2.67 bits per heavy atom. The number of ether oxygens (including phenoxy) is 2. The van der Waals surface area contributed by atoms with Crippen LogP contribution in [0, 0.1) is 0 Å². The van der Waals surface area contributed by atoms with Crippen molar-refractivity contribution in [2.75, 3.05) is 27.3 Å². The Morgan fingerprint density at radius 1 is 1.25 bits per heavy atom. The lowest BCUT2D eigenvalue weighted by Gasteiger charge is -2.31. The van der Waals surface area contributed by atoms with E-state index in [1.54, 1.807) is 14.2 Å². The molecule has 2 aliphatic heterocycles. The summed E-state index contributed by atoms with van der Waals surface area (Å²) in [6.07, 6.45) is 1.17. The number of hydrogen-bond acceptors (Lipinski definition) is 4. The number of nitrogens with one attached hydrogen (secondary N) is 2. The Kier molecular flexibility index (Phi) is 2.08. The fraction of sp³-hybridized carbons (Fsp3) is 1.00. The highest BCUT2D eigenvalue weighted by Crippen LogP contribution is 2.28. The fourth-order valence-electron chi connectivity index (χ4n) is 2.25. The van der Waals surface area contributed by atoms with Crippen LogP contribution < -0.4 is 10.6 Å². The van der Waals surface area contributed by atoms with Crippen LogP contribution in [-0.2, 0) is 9.47 Å². The van der Waals surface area contributed by atoms with E-state index in [9.17, 15) is 0 Å². The fourth-order valence-corrected chi connectivity index (χ4v) is 2.25. The van der Waals surface area contributed by atoms with E-state index in [1.165, 1.54) is 6.42 Å². The molecular weight excluding hydrogens is 156 g/mol. The molecule has 0 aliphatic carbocycles. The maximum atomic E-state index is 5.41. The molecule has 2 atom stereocenters. The lowest BCUT2D eigenvalue weighted by molar-refractivity contribution is -0.203. The van der Waals surface area contributed by atoms with E-state index in [-0.39, 0.29) is 0 Å². The van der Waals surface area contributed by atoms with Gasteiger partial charge in [-0.25, -0.2) is 0 Å². The Balaban J connectivity index is 2.15. The largest absolute Gasteiger partial charge is 0.351 e. The van der Waals surface area contributed by atoms with Gasteiger partial charge in [0, 0.05) is 20.3 Å². The second-order valence-electron chi connectivity index (χ2n) is 3.43. The summed E-state index contributed by atoms with van der Waals surface area (Å²) in [7, 11) is 3.40. The second-order valence-corrected chi connectivity index (χ2v) is 3.43. The predicted molar refractivity (Wildman–Crippen MR) is 44.9 cm³/mol. The zero-order valence-corrected chi connectivity index (χ0v) is 7.59. The summed E-state index contributed by atoms with van der Waals surface area (Å²) < 4.78 is 10.8. The minimum absolute atomic E-state index is 0.312. The molecule has 4 nitrogen and oxygen atoms in total. The number of fused-ring (bicyclic) bond motifs is 1. The van der Waals surface area contributed by atoms with E-state index < -0.39 is 5.79 Å². The van der Waals surface area contributed by atoms with E-state index in [0.717, 1.165) is 13.1 Å². The quantitative estimate of drug-likeness (QED) is 0.541. The molecule has 12 heavy (non-hydrogen) atoms. The average molecular weight is 172 g/mol. The first-order valence-corrected chi connectivity index (χ1v) is 4.39. The van der Waals surface area contributed by atoms with E-state index in [0.29, 0.717) is 12.1 Å². The summed E-state index contributed by atoms with van der Waals surface area (Å²) in [5.41, 5.74) is 0. The Bertz CT molecular complexity index is 170. The third-order valence-electron chi connectivity index (χ3n) is 3.00. The van der Waals surface area contributed by atoms with Crippen molar-refractivity contribution in [2.24, 2.45) is 0 Å². The van der Waals surface area contributed by atoms with Crippen molar-refractivity contribution in [3.8, 4) is 0 Å². The summed E-state index contributed by atoms with van der Waals surface area (Å²) in [6, 6.07) is 0.831.